The van der Waals surface area contributed by atoms with Gasteiger partial charge in [-0.2, -0.15) is 0 Å². The number of alkyl halides is 2. The van der Waals surface area contributed by atoms with Gasteiger partial charge in [-0.15, -0.1) is 20.4 Å². The number of anilines is 3. The zero-order valence-electron chi connectivity index (χ0n) is 17.6. The highest BCUT2D eigenvalue weighted by Gasteiger charge is 2.44. The average molecular weight is 493 g/mol. The molecule has 1 saturated heterocycles. The number of nitrogens with one attached hydrogen (secondary N) is 1. The molecule has 2 aliphatic rings. The van der Waals surface area contributed by atoms with Crippen molar-refractivity contribution in [2.75, 3.05) is 29.0 Å². The molecule has 0 bridgehead atoms. The molecule has 1 amide bonds. The lowest BCUT2D eigenvalue weighted by atomic mass is 9.82. The van der Waals surface area contributed by atoms with Gasteiger partial charge in [0.05, 0.1) is 25.2 Å². The SMILES string of the molecule is Nc1nnc(C2CCCC(c3nnc(NC(=O)Cc4cccc(N5CC(F)(F)C5)n4)s3)C2)s1. The topological polar surface area (TPSA) is 123 Å². The van der Waals surface area contributed by atoms with Crippen molar-refractivity contribution in [1.82, 2.24) is 25.4 Å². The largest absolute Gasteiger partial charge is 0.374 e. The monoisotopic (exact) mass is 492 g/mol. The first-order chi connectivity index (χ1) is 15.8. The number of carbonyl (C=O) groups is 1. The standard InChI is InChI=1S/C20H22F2N8OS2/c21-20(22)9-30(10-20)14-6-2-5-13(24-14)8-15(31)25-19-29-27-17(33-19)12-4-1-3-11(7-12)16-26-28-18(23)32-16/h2,5-6,11-12H,1,3-4,7-10H2,(H2,23,28)(H,25,29,31). The van der Waals surface area contributed by atoms with Crippen molar-refractivity contribution in [3.8, 4) is 0 Å². The van der Waals surface area contributed by atoms with E-state index in [0.717, 1.165) is 35.7 Å². The fourth-order valence-electron chi connectivity index (χ4n) is 4.24. The molecule has 9 nitrogen and oxygen atoms in total. The highest BCUT2D eigenvalue weighted by molar-refractivity contribution is 7.15. The molecule has 3 aromatic heterocycles. The van der Waals surface area contributed by atoms with Crippen LogP contribution in [0.1, 0.15) is 53.2 Å². The number of nitrogen functional groups attached to an aromatic ring is 1. The van der Waals surface area contributed by atoms with E-state index in [1.54, 1.807) is 18.2 Å². The summed E-state index contributed by atoms with van der Waals surface area (Å²) in [5.41, 5.74) is 6.24. The van der Waals surface area contributed by atoms with Gasteiger partial charge in [0, 0.05) is 11.8 Å². The van der Waals surface area contributed by atoms with Crippen LogP contribution in [-0.4, -0.2) is 50.3 Å². The molecular formula is C20H22F2N8OS2. The predicted octanol–water partition coefficient (Wildman–Crippen LogP) is 3.44. The minimum atomic E-state index is -2.67. The molecule has 0 spiro atoms. The minimum Gasteiger partial charge on any atom is -0.374 e. The number of amides is 1. The summed E-state index contributed by atoms with van der Waals surface area (Å²) >= 11 is 2.81. The Balaban J connectivity index is 1.17. The number of nitrogens with zero attached hydrogens (tertiary/aromatic N) is 6. The lowest BCUT2D eigenvalue weighted by molar-refractivity contribution is -0.115. The fourth-order valence-corrected chi connectivity index (χ4v) is 5.91. The molecule has 13 heteroatoms. The van der Waals surface area contributed by atoms with Gasteiger partial charge in [0.2, 0.25) is 16.2 Å². The minimum absolute atomic E-state index is 0.0248. The van der Waals surface area contributed by atoms with Crippen molar-refractivity contribution >= 4 is 44.7 Å². The van der Waals surface area contributed by atoms with E-state index in [4.69, 9.17) is 5.73 Å². The number of halogens is 2. The predicted molar refractivity (Wildman–Crippen MR) is 122 cm³/mol. The Hall–Kier alpha value is -2.80. The van der Waals surface area contributed by atoms with Crippen LogP contribution in [0, 0.1) is 0 Å². The molecule has 33 heavy (non-hydrogen) atoms. The highest BCUT2D eigenvalue weighted by atomic mass is 32.1. The lowest BCUT2D eigenvalue weighted by Crippen LogP contribution is -2.56. The number of carbonyl (C=O) groups excluding carboxylic acids is 1. The van der Waals surface area contributed by atoms with Gasteiger partial charge in [0.15, 0.2) is 0 Å². The first-order valence-corrected chi connectivity index (χ1v) is 12.3. The van der Waals surface area contributed by atoms with Gasteiger partial charge in [-0.3, -0.25) is 4.79 Å². The fraction of sp³-hybridized carbons (Fsp3) is 0.500. The summed E-state index contributed by atoms with van der Waals surface area (Å²) in [5.74, 6) is -1.93. The third-order valence-electron chi connectivity index (χ3n) is 5.82. The van der Waals surface area contributed by atoms with Gasteiger partial charge in [-0.1, -0.05) is 35.2 Å². The highest BCUT2D eigenvalue weighted by Crippen LogP contribution is 2.43. The Morgan fingerprint density at radius 2 is 1.85 bits per heavy atom. The van der Waals surface area contributed by atoms with Crippen molar-refractivity contribution in [2.45, 2.75) is 49.9 Å². The molecule has 1 aliphatic heterocycles. The Labute approximate surface area is 196 Å². The summed E-state index contributed by atoms with van der Waals surface area (Å²) in [6, 6.07) is 5.09. The van der Waals surface area contributed by atoms with E-state index in [9.17, 15) is 13.6 Å². The number of pyridine rings is 1. The summed E-state index contributed by atoms with van der Waals surface area (Å²) in [6.45, 7) is -0.699. The first-order valence-electron chi connectivity index (χ1n) is 10.7. The zero-order valence-corrected chi connectivity index (χ0v) is 19.2. The molecule has 5 rings (SSSR count). The van der Waals surface area contributed by atoms with Crippen LogP contribution in [0.25, 0.3) is 0 Å². The molecular weight excluding hydrogens is 470 g/mol. The summed E-state index contributed by atoms with van der Waals surface area (Å²) in [6.07, 6.45) is 4.05. The van der Waals surface area contributed by atoms with Crippen molar-refractivity contribution in [3.05, 3.63) is 33.9 Å². The molecule has 4 heterocycles. The molecule has 1 aliphatic carbocycles. The molecule has 3 N–H and O–H groups in total. The quantitative estimate of drug-likeness (QED) is 0.536. The molecule has 1 saturated carbocycles. The summed E-state index contributed by atoms with van der Waals surface area (Å²) in [5, 5.41) is 22.1. The van der Waals surface area contributed by atoms with Crippen LogP contribution in [0.3, 0.4) is 0 Å². The molecule has 2 atom stereocenters. The number of hydrogen-bond donors (Lipinski definition) is 2. The lowest BCUT2D eigenvalue weighted by Gasteiger charge is -2.39. The van der Waals surface area contributed by atoms with Gasteiger partial charge in [0.25, 0.3) is 5.92 Å². The molecule has 0 radical (unpaired) electrons. The van der Waals surface area contributed by atoms with E-state index >= 15 is 0 Å². The van der Waals surface area contributed by atoms with Crippen LogP contribution < -0.4 is 16.0 Å². The van der Waals surface area contributed by atoms with Gasteiger partial charge >= 0.3 is 0 Å². The van der Waals surface area contributed by atoms with E-state index in [2.05, 4.69) is 30.7 Å². The van der Waals surface area contributed by atoms with Gasteiger partial charge in [-0.05, 0) is 31.4 Å². The Morgan fingerprint density at radius 3 is 2.55 bits per heavy atom. The van der Waals surface area contributed by atoms with Crippen molar-refractivity contribution in [3.63, 3.8) is 0 Å². The van der Waals surface area contributed by atoms with E-state index in [1.165, 1.54) is 27.6 Å². The van der Waals surface area contributed by atoms with E-state index < -0.39 is 5.92 Å². The second kappa shape index (κ2) is 8.86. The second-order valence-electron chi connectivity index (χ2n) is 8.41. The van der Waals surface area contributed by atoms with Crippen LogP contribution >= 0.6 is 22.7 Å². The first kappa shape index (κ1) is 22.0. The Bertz CT molecular complexity index is 1140. The van der Waals surface area contributed by atoms with Gasteiger partial charge in [0.1, 0.15) is 15.8 Å². The summed E-state index contributed by atoms with van der Waals surface area (Å²) in [7, 11) is 0. The third-order valence-corrected chi connectivity index (χ3v) is 7.73. The van der Waals surface area contributed by atoms with E-state index in [-0.39, 0.29) is 31.3 Å². The van der Waals surface area contributed by atoms with Crippen LogP contribution in [0.15, 0.2) is 18.2 Å². The average Bonchev–Trinajstić information content (AvgIpc) is 3.41. The maximum absolute atomic E-state index is 13.1. The van der Waals surface area contributed by atoms with Crippen molar-refractivity contribution in [1.29, 1.82) is 0 Å². The van der Waals surface area contributed by atoms with Gasteiger partial charge in [-0.25, -0.2) is 13.8 Å². The number of hydrogen-bond acceptors (Lipinski definition) is 10. The van der Waals surface area contributed by atoms with Crippen molar-refractivity contribution in [2.24, 2.45) is 0 Å². The third kappa shape index (κ3) is 5.08. The number of aromatic nitrogens is 5. The number of nitrogens with two attached hydrogens (primary N) is 1. The molecule has 174 valence electrons. The summed E-state index contributed by atoms with van der Waals surface area (Å²) in [4.78, 5) is 18.3. The maximum atomic E-state index is 13.1. The summed E-state index contributed by atoms with van der Waals surface area (Å²) < 4.78 is 26.2. The van der Waals surface area contributed by atoms with Gasteiger partial charge < -0.3 is 16.0 Å². The Kier molecular flexibility index (Phi) is 5.91. The molecule has 2 fully saturated rings. The molecule has 2 unspecified atom stereocenters. The smallest absolute Gasteiger partial charge is 0.282 e. The van der Waals surface area contributed by atoms with E-state index in [0.29, 0.717) is 27.7 Å². The zero-order chi connectivity index (χ0) is 23.0. The van der Waals surface area contributed by atoms with Crippen LogP contribution in [-0.2, 0) is 11.2 Å². The number of rotatable bonds is 6. The Morgan fingerprint density at radius 1 is 1.12 bits per heavy atom. The molecule has 3 aromatic rings. The van der Waals surface area contributed by atoms with E-state index in [1.807, 2.05) is 0 Å². The van der Waals surface area contributed by atoms with Crippen LogP contribution in [0.2, 0.25) is 0 Å². The second-order valence-corrected chi connectivity index (χ2v) is 10.5. The molecule has 0 aromatic carbocycles. The normalized spacial score (nSPS) is 22.1. The van der Waals surface area contributed by atoms with Crippen LogP contribution in [0.5, 0.6) is 0 Å². The maximum Gasteiger partial charge on any atom is 0.282 e. The van der Waals surface area contributed by atoms with Crippen molar-refractivity contribution < 1.29 is 13.6 Å². The van der Waals surface area contributed by atoms with Crippen LogP contribution in [0.4, 0.5) is 24.9 Å².